The highest BCUT2D eigenvalue weighted by atomic mass is 15.3. The van der Waals surface area contributed by atoms with Gasteiger partial charge in [-0.15, -0.1) is 5.10 Å². The average molecular weight is 260 g/mol. The Balaban J connectivity index is 1.90. The molecule has 0 bridgehead atoms. The van der Waals surface area contributed by atoms with E-state index >= 15 is 0 Å². The van der Waals surface area contributed by atoms with E-state index in [1.54, 1.807) is 4.52 Å². The Kier molecular flexibility index (Phi) is 3.02. The van der Waals surface area contributed by atoms with Crippen LogP contribution < -0.4 is 10.6 Å². The predicted molar refractivity (Wildman–Crippen MR) is 76.3 cm³/mol. The number of hydrogen-bond acceptors (Lipinski definition) is 5. The summed E-state index contributed by atoms with van der Waals surface area (Å²) in [4.78, 5) is 9.01. The van der Waals surface area contributed by atoms with Crippen LogP contribution in [-0.4, -0.2) is 52.7 Å². The van der Waals surface area contributed by atoms with Crippen molar-refractivity contribution >= 4 is 17.3 Å². The molecule has 0 aromatic carbocycles. The first kappa shape index (κ1) is 12.2. The highest BCUT2D eigenvalue weighted by Crippen LogP contribution is 2.25. The van der Waals surface area contributed by atoms with Gasteiger partial charge in [-0.25, -0.2) is 4.52 Å². The Labute approximate surface area is 112 Å². The predicted octanol–water partition coefficient (Wildman–Crippen LogP) is 0.842. The Hall–Kier alpha value is -1.82. The van der Waals surface area contributed by atoms with Crippen LogP contribution in [0.2, 0.25) is 0 Å². The lowest BCUT2D eigenvalue weighted by molar-refractivity contribution is 0.253. The zero-order chi connectivity index (χ0) is 13.4. The molecule has 0 atom stereocenters. The van der Waals surface area contributed by atoms with Crippen LogP contribution in [0.5, 0.6) is 0 Å². The van der Waals surface area contributed by atoms with Gasteiger partial charge in [0.15, 0.2) is 5.65 Å². The zero-order valence-corrected chi connectivity index (χ0v) is 11.5. The van der Waals surface area contributed by atoms with E-state index < -0.39 is 0 Å². The fourth-order valence-corrected chi connectivity index (χ4v) is 2.76. The van der Waals surface area contributed by atoms with Gasteiger partial charge < -0.3 is 15.5 Å². The van der Waals surface area contributed by atoms with Crippen molar-refractivity contribution in [1.82, 2.24) is 19.5 Å². The number of piperidine rings is 1. The summed E-state index contributed by atoms with van der Waals surface area (Å²) in [5, 5.41) is 4.16. The van der Waals surface area contributed by atoms with Gasteiger partial charge >= 0.3 is 0 Å². The number of aromatic nitrogens is 3. The van der Waals surface area contributed by atoms with E-state index in [1.165, 1.54) is 12.8 Å². The number of likely N-dealkylation sites (tertiary alicyclic amines) is 1. The van der Waals surface area contributed by atoms with Gasteiger partial charge in [-0.05, 0) is 45.1 Å². The minimum absolute atomic E-state index is 0.323. The van der Waals surface area contributed by atoms with Crippen molar-refractivity contribution in [3.05, 3.63) is 18.3 Å². The summed E-state index contributed by atoms with van der Waals surface area (Å²) in [6, 6.07) is 4.63. The van der Waals surface area contributed by atoms with Crippen molar-refractivity contribution in [3.63, 3.8) is 0 Å². The van der Waals surface area contributed by atoms with Crippen LogP contribution in [-0.2, 0) is 0 Å². The molecule has 0 amide bonds. The average Bonchev–Trinajstić information content (AvgIpc) is 2.78. The van der Waals surface area contributed by atoms with Gasteiger partial charge in [0, 0.05) is 19.3 Å². The number of nitrogens with zero attached hydrogens (tertiary/aromatic N) is 5. The largest absolute Gasteiger partial charge is 0.368 e. The SMILES string of the molecule is CN1CCC(N(C)c2cccn3nc(N)nc23)CC1. The lowest BCUT2D eigenvalue weighted by Gasteiger charge is -2.36. The molecule has 0 radical (unpaired) electrons. The first-order valence-corrected chi connectivity index (χ1v) is 6.67. The van der Waals surface area contributed by atoms with Gasteiger partial charge in [0.05, 0.1) is 5.69 Å². The van der Waals surface area contributed by atoms with Crippen molar-refractivity contribution in [2.45, 2.75) is 18.9 Å². The number of rotatable bonds is 2. The zero-order valence-electron chi connectivity index (χ0n) is 11.5. The maximum absolute atomic E-state index is 5.69. The fourth-order valence-electron chi connectivity index (χ4n) is 2.76. The highest BCUT2D eigenvalue weighted by Gasteiger charge is 2.22. The Morgan fingerprint density at radius 2 is 2.11 bits per heavy atom. The molecular formula is C13H20N6. The molecule has 6 heteroatoms. The molecule has 2 aromatic heterocycles. The Morgan fingerprint density at radius 3 is 2.84 bits per heavy atom. The molecule has 3 rings (SSSR count). The minimum Gasteiger partial charge on any atom is -0.368 e. The van der Waals surface area contributed by atoms with Crippen LogP contribution in [0, 0.1) is 0 Å². The first-order chi connectivity index (χ1) is 9.15. The standard InChI is InChI=1S/C13H20N6/c1-17-8-5-10(6-9-17)18(2)11-4-3-7-19-12(11)15-13(14)16-19/h3-4,7,10H,5-6,8-9H2,1-2H3,(H2,14,16). The van der Waals surface area contributed by atoms with Gasteiger partial charge in [-0.3, -0.25) is 0 Å². The van der Waals surface area contributed by atoms with Crippen molar-refractivity contribution in [2.75, 3.05) is 37.8 Å². The minimum atomic E-state index is 0.323. The summed E-state index contributed by atoms with van der Waals surface area (Å²) in [6.45, 7) is 2.29. The van der Waals surface area contributed by atoms with Crippen LogP contribution in [0.4, 0.5) is 11.6 Å². The second-order valence-electron chi connectivity index (χ2n) is 5.28. The van der Waals surface area contributed by atoms with Crippen LogP contribution in [0.1, 0.15) is 12.8 Å². The number of anilines is 2. The summed E-state index contributed by atoms with van der Waals surface area (Å²) in [5.74, 6) is 0.323. The molecule has 1 fully saturated rings. The molecule has 0 unspecified atom stereocenters. The third kappa shape index (κ3) is 2.23. The Bertz CT molecular complexity index is 570. The molecule has 0 aliphatic carbocycles. The molecular weight excluding hydrogens is 240 g/mol. The molecule has 1 aliphatic rings. The van der Waals surface area contributed by atoms with E-state index in [2.05, 4.69) is 40.0 Å². The normalized spacial score (nSPS) is 18.0. The van der Waals surface area contributed by atoms with Crippen LogP contribution in [0.3, 0.4) is 0 Å². The lowest BCUT2D eigenvalue weighted by atomic mass is 10.0. The van der Waals surface area contributed by atoms with Crippen molar-refractivity contribution < 1.29 is 0 Å². The number of hydrogen-bond donors (Lipinski definition) is 1. The topological polar surface area (TPSA) is 62.7 Å². The molecule has 2 N–H and O–H groups in total. The summed E-state index contributed by atoms with van der Waals surface area (Å²) < 4.78 is 1.75. The maximum Gasteiger partial charge on any atom is 0.240 e. The first-order valence-electron chi connectivity index (χ1n) is 6.67. The molecule has 0 spiro atoms. The maximum atomic E-state index is 5.69. The third-order valence-electron chi connectivity index (χ3n) is 3.97. The number of nitrogen functional groups attached to an aromatic ring is 1. The summed E-state index contributed by atoms with van der Waals surface area (Å²) in [7, 11) is 4.31. The molecule has 3 heterocycles. The molecule has 102 valence electrons. The monoisotopic (exact) mass is 260 g/mol. The fraction of sp³-hybridized carbons (Fsp3) is 0.538. The quantitative estimate of drug-likeness (QED) is 0.867. The second-order valence-corrected chi connectivity index (χ2v) is 5.28. The van der Waals surface area contributed by atoms with Gasteiger partial charge in [-0.1, -0.05) is 0 Å². The molecule has 19 heavy (non-hydrogen) atoms. The van der Waals surface area contributed by atoms with E-state index in [9.17, 15) is 0 Å². The molecule has 1 saturated heterocycles. The molecule has 2 aromatic rings. The van der Waals surface area contributed by atoms with Crippen molar-refractivity contribution in [1.29, 1.82) is 0 Å². The van der Waals surface area contributed by atoms with E-state index in [0.717, 1.165) is 24.4 Å². The van der Waals surface area contributed by atoms with Gasteiger partial charge in [0.25, 0.3) is 0 Å². The lowest BCUT2D eigenvalue weighted by Crippen LogP contribution is -2.42. The molecule has 0 saturated carbocycles. The highest BCUT2D eigenvalue weighted by molar-refractivity contribution is 5.69. The van der Waals surface area contributed by atoms with Gasteiger partial charge in [0.1, 0.15) is 0 Å². The molecule has 6 nitrogen and oxygen atoms in total. The summed E-state index contributed by atoms with van der Waals surface area (Å²) in [5.41, 5.74) is 7.62. The number of nitrogens with two attached hydrogens (primary N) is 1. The second kappa shape index (κ2) is 4.70. The molecule has 1 aliphatic heterocycles. The van der Waals surface area contributed by atoms with Crippen LogP contribution in [0.15, 0.2) is 18.3 Å². The van der Waals surface area contributed by atoms with Crippen molar-refractivity contribution in [3.8, 4) is 0 Å². The number of fused-ring (bicyclic) bond motifs is 1. The van der Waals surface area contributed by atoms with Crippen LogP contribution >= 0.6 is 0 Å². The third-order valence-corrected chi connectivity index (χ3v) is 3.97. The van der Waals surface area contributed by atoms with E-state index in [-0.39, 0.29) is 0 Å². The summed E-state index contributed by atoms with van der Waals surface area (Å²) in [6.07, 6.45) is 4.24. The van der Waals surface area contributed by atoms with Crippen molar-refractivity contribution in [2.24, 2.45) is 0 Å². The Morgan fingerprint density at radius 1 is 1.37 bits per heavy atom. The van der Waals surface area contributed by atoms with E-state index in [1.807, 2.05) is 12.3 Å². The van der Waals surface area contributed by atoms with E-state index in [4.69, 9.17) is 5.73 Å². The van der Waals surface area contributed by atoms with E-state index in [0.29, 0.717) is 12.0 Å². The number of pyridine rings is 1. The summed E-state index contributed by atoms with van der Waals surface area (Å²) >= 11 is 0. The van der Waals surface area contributed by atoms with Crippen LogP contribution in [0.25, 0.3) is 5.65 Å². The smallest absolute Gasteiger partial charge is 0.240 e. The van der Waals surface area contributed by atoms with Gasteiger partial charge in [-0.2, -0.15) is 4.98 Å². The van der Waals surface area contributed by atoms with Gasteiger partial charge in [0.2, 0.25) is 5.95 Å².